The van der Waals surface area contributed by atoms with E-state index in [2.05, 4.69) is 20.2 Å². The Labute approximate surface area is 152 Å². The number of hydrazone groups is 1. The molecule has 0 saturated heterocycles. The summed E-state index contributed by atoms with van der Waals surface area (Å²) < 4.78 is 48.1. The van der Waals surface area contributed by atoms with E-state index in [4.69, 9.17) is 4.74 Å². The lowest BCUT2D eigenvalue weighted by molar-refractivity contribution is -0.136. The zero-order valence-corrected chi connectivity index (χ0v) is 15.1. The van der Waals surface area contributed by atoms with Gasteiger partial charge in [0.2, 0.25) is 0 Å². The third kappa shape index (κ3) is 4.72. The second-order valence-electron chi connectivity index (χ2n) is 5.17. The maximum Gasteiger partial charge on any atom is 0.418 e. The van der Waals surface area contributed by atoms with E-state index in [-0.39, 0.29) is 12.3 Å². The first kappa shape index (κ1) is 19.7. The SMILES string of the molecule is CCOC(=O)Nc1snc(C)c1/C(C)=N/Nc1ccccc1C(F)(F)F. The van der Waals surface area contributed by atoms with E-state index in [1.54, 1.807) is 20.8 Å². The highest BCUT2D eigenvalue weighted by Crippen LogP contribution is 2.34. The maximum absolute atomic E-state index is 13.0. The molecule has 0 aliphatic rings. The number of nitrogens with one attached hydrogen (secondary N) is 2. The Bertz CT molecular complexity index is 818. The number of hydrogen-bond donors (Lipinski definition) is 2. The Morgan fingerprint density at radius 3 is 2.69 bits per heavy atom. The van der Waals surface area contributed by atoms with Gasteiger partial charge in [-0.3, -0.25) is 10.7 Å². The van der Waals surface area contributed by atoms with Gasteiger partial charge in [0.15, 0.2) is 0 Å². The summed E-state index contributed by atoms with van der Waals surface area (Å²) in [6.07, 6.45) is -5.13. The molecule has 10 heteroatoms. The third-order valence-corrected chi connectivity index (χ3v) is 4.15. The van der Waals surface area contributed by atoms with Crippen LogP contribution in [-0.2, 0) is 10.9 Å². The molecule has 1 heterocycles. The maximum atomic E-state index is 13.0. The number of amides is 1. The van der Waals surface area contributed by atoms with Crippen LogP contribution in [0, 0.1) is 6.92 Å². The zero-order chi connectivity index (χ0) is 19.3. The van der Waals surface area contributed by atoms with E-state index < -0.39 is 17.8 Å². The molecule has 140 valence electrons. The van der Waals surface area contributed by atoms with Crippen molar-refractivity contribution in [1.29, 1.82) is 0 Å². The molecule has 6 nitrogen and oxygen atoms in total. The van der Waals surface area contributed by atoms with Crippen LogP contribution in [0.2, 0.25) is 0 Å². The molecule has 1 aromatic carbocycles. The Hall–Kier alpha value is -2.62. The average molecular weight is 386 g/mol. The Kier molecular flexibility index (Phi) is 6.19. The van der Waals surface area contributed by atoms with Crippen molar-refractivity contribution >= 4 is 34.0 Å². The molecule has 0 unspecified atom stereocenters. The number of aromatic nitrogens is 1. The summed E-state index contributed by atoms with van der Waals surface area (Å²) >= 11 is 1.04. The number of nitrogens with zero attached hydrogens (tertiary/aromatic N) is 2. The van der Waals surface area contributed by atoms with Crippen LogP contribution in [-0.4, -0.2) is 22.8 Å². The molecule has 2 rings (SSSR count). The highest BCUT2D eigenvalue weighted by Gasteiger charge is 2.33. The smallest absolute Gasteiger partial charge is 0.418 e. The first-order chi connectivity index (χ1) is 12.2. The molecule has 0 bridgehead atoms. The second-order valence-corrected chi connectivity index (χ2v) is 5.94. The molecule has 0 aliphatic carbocycles. The monoisotopic (exact) mass is 386 g/mol. The van der Waals surface area contributed by atoms with Gasteiger partial charge < -0.3 is 4.74 Å². The van der Waals surface area contributed by atoms with E-state index in [1.165, 1.54) is 18.2 Å². The molecule has 0 saturated carbocycles. The van der Waals surface area contributed by atoms with Crippen molar-refractivity contribution in [2.24, 2.45) is 5.10 Å². The predicted molar refractivity (Wildman–Crippen MR) is 94.8 cm³/mol. The van der Waals surface area contributed by atoms with Gasteiger partial charge in [0.05, 0.1) is 34.8 Å². The van der Waals surface area contributed by atoms with E-state index in [1.807, 2.05) is 0 Å². The van der Waals surface area contributed by atoms with Gasteiger partial charge in [0.25, 0.3) is 0 Å². The first-order valence-electron chi connectivity index (χ1n) is 7.61. The third-order valence-electron chi connectivity index (χ3n) is 3.29. The largest absolute Gasteiger partial charge is 0.450 e. The van der Waals surface area contributed by atoms with Crippen molar-refractivity contribution in [3.8, 4) is 0 Å². The predicted octanol–water partition coefficient (Wildman–Crippen LogP) is 4.87. The van der Waals surface area contributed by atoms with Crippen molar-refractivity contribution in [2.75, 3.05) is 17.3 Å². The van der Waals surface area contributed by atoms with Crippen molar-refractivity contribution < 1.29 is 22.7 Å². The van der Waals surface area contributed by atoms with Crippen LogP contribution in [0.3, 0.4) is 0 Å². The number of alkyl halides is 3. The number of halogens is 3. The first-order valence-corrected chi connectivity index (χ1v) is 8.38. The minimum atomic E-state index is -4.50. The Balaban J connectivity index is 2.27. The van der Waals surface area contributed by atoms with Gasteiger partial charge in [-0.25, -0.2) is 4.79 Å². The number of aryl methyl sites for hydroxylation is 1. The summed E-state index contributed by atoms with van der Waals surface area (Å²) in [5.74, 6) is 0. The molecule has 0 atom stereocenters. The van der Waals surface area contributed by atoms with Gasteiger partial charge in [0, 0.05) is 0 Å². The molecule has 26 heavy (non-hydrogen) atoms. The van der Waals surface area contributed by atoms with E-state index in [0.717, 1.165) is 17.6 Å². The average Bonchev–Trinajstić information content (AvgIpc) is 2.92. The lowest BCUT2D eigenvalue weighted by atomic mass is 10.1. The van der Waals surface area contributed by atoms with Gasteiger partial charge in [-0.15, -0.1) is 0 Å². The highest BCUT2D eigenvalue weighted by atomic mass is 32.1. The molecular weight excluding hydrogens is 369 g/mol. The minimum absolute atomic E-state index is 0.167. The lowest BCUT2D eigenvalue weighted by Gasteiger charge is -2.12. The number of carbonyl (C=O) groups excluding carboxylic acids is 1. The molecule has 0 aliphatic heterocycles. The summed E-state index contributed by atoms with van der Waals surface area (Å²) in [4.78, 5) is 11.6. The number of para-hydroxylation sites is 1. The number of benzene rings is 1. The van der Waals surface area contributed by atoms with Crippen molar-refractivity contribution in [1.82, 2.24) is 4.37 Å². The van der Waals surface area contributed by atoms with Gasteiger partial charge >= 0.3 is 12.3 Å². The number of anilines is 2. The Morgan fingerprint density at radius 1 is 1.35 bits per heavy atom. The van der Waals surface area contributed by atoms with Crippen LogP contribution < -0.4 is 10.7 Å². The molecule has 0 fully saturated rings. The summed E-state index contributed by atoms with van der Waals surface area (Å²) in [5.41, 5.74) is 2.95. The molecule has 2 N–H and O–H groups in total. The number of rotatable bonds is 5. The van der Waals surface area contributed by atoms with Crippen molar-refractivity contribution in [3.05, 3.63) is 41.1 Å². The standard InChI is InChI=1S/C16H17F3N4O2S/c1-4-25-15(24)20-14-13(10(3)23-26-14)9(2)21-22-12-8-6-5-7-11(12)16(17,18)19/h5-8,22H,4H2,1-3H3,(H,20,24)/b21-9+. The second kappa shape index (κ2) is 8.17. The minimum Gasteiger partial charge on any atom is -0.450 e. The summed E-state index contributed by atoms with van der Waals surface area (Å²) in [7, 11) is 0. The Morgan fingerprint density at radius 2 is 2.04 bits per heavy atom. The molecule has 0 radical (unpaired) electrons. The van der Waals surface area contributed by atoms with Crippen LogP contribution in [0.5, 0.6) is 0 Å². The van der Waals surface area contributed by atoms with Crippen LogP contribution in [0.4, 0.5) is 28.7 Å². The number of hydrogen-bond acceptors (Lipinski definition) is 6. The van der Waals surface area contributed by atoms with E-state index in [0.29, 0.717) is 22.0 Å². The fourth-order valence-electron chi connectivity index (χ4n) is 2.17. The molecule has 1 aromatic heterocycles. The molecule has 1 amide bonds. The van der Waals surface area contributed by atoms with Crippen molar-refractivity contribution in [3.63, 3.8) is 0 Å². The molecular formula is C16H17F3N4O2S. The van der Waals surface area contributed by atoms with E-state index in [9.17, 15) is 18.0 Å². The molecule has 0 spiro atoms. The molecule has 2 aromatic rings. The summed E-state index contributed by atoms with van der Waals surface area (Å²) in [5, 5.41) is 6.99. The van der Waals surface area contributed by atoms with Crippen LogP contribution in [0.25, 0.3) is 0 Å². The highest BCUT2D eigenvalue weighted by molar-refractivity contribution is 7.11. The van der Waals surface area contributed by atoms with Gasteiger partial charge in [0.1, 0.15) is 5.00 Å². The quantitative estimate of drug-likeness (QED) is 0.568. The summed E-state index contributed by atoms with van der Waals surface area (Å²) in [6, 6.07) is 5.04. The number of carbonyl (C=O) groups is 1. The fourth-order valence-corrected chi connectivity index (χ4v) is 3.00. The van der Waals surface area contributed by atoms with E-state index >= 15 is 0 Å². The fraction of sp³-hybridized carbons (Fsp3) is 0.312. The van der Waals surface area contributed by atoms with Crippen LogP contribution >= 0.6 is 11.5 Å². The summed E-state index contributed by atoms with van der Waals surface area (Å²) in [6.45, 7) is 5.20. The van der Waals surface area contributed by atoms with Crippen LogP contribution in [0.15, 0.2) is 29.4 Å². The van der Waals surface area contributed by atoms with Crippen LogP contribution in [0.1, 0.15) is 30.7 Å². The normalized spacial score (nSPS) is 12.0. The van der Waals surface area contributed by atoms with Gasteiger partial charge in [-0.2, -0.15) is 22.6 Å². The van der Waals surface area contributed by atoms with Gasteiger partial charge in [-0.05, 0) is 44.4 Å². The topological polar surface area (TPSA) is 75.6 Å². The van der Waals surface area contributed by atoms with Gasteiger partial charge in [-0.1, -0.05) is 12.1 Å². The number of ether oxygens (including phenoxy) is 1. The lowest BCUT2D eigenvalue weighted by Crippen LogP contribution is -2.15. The van der Waals surface area contributed by atoms with Crippen molar-refractivity contribution in [2.45, 2.75) is 26.9 Å². The zero-order valence-electron chi connectivity index (χ0n) is 14.3.